The molecule has 0 aromatic heterocycles. The van der Waals surface area contributed by atoms with Gasteiger partial charge in [-0.1, -0.05) is 70.2 Å². The molecule has 1 unspecified atom stereocenters. The SMILES string of the molecule is CC(C)CCN(CC(C)(C)NC(=O)C(N)CC(C)C)c1ccc(CCc2ccccc2)cc1. The molecule has 33 heavy (non-hydrogen) atoms. The van der Waals surface area contributed by atoms with E-state index in [9.17, 15) is 4.79 Å². The van der Waals surface area contributed by atoms with Gasteiger partial charge in [0.05, 0.1) is 11.6 Å². The molecule has 2 rings (SSSR count). The summed E-state index contributed by atoms with van der Waals surface area (Å²) in [6.07, 6.45) is 3.88. The van der Waals surface area contributed by atoms with Gasteiger partial charge in [0.2, 0.25) is 5.91 Å². The van der Waals surface area contributed by atoms with E-state index in [-0.39, 0.29) is 11.4 Å². The highest BCUT2D eigenvalue weighted by atomic mass is 16.2. The second kappa shape index (κ2) is 12.8. The van der Waals surface area contributed by atoms with Crippen LogP contribution in [0.1, 0.15) is 65.5 Å². The number of rotatable bonds is 13. The molecule has 1 amide bonds. The van der Waals surface area contributed by atoms with E-state index in [0.29, 0.717) is 18.3 Å². The average molecular weight is 452 g/mol. The Balaban J connectivity index is 2.05. The van der Waals surface area contributed by atoms with Crippen molar-refractivity contribution in [2.45, 2.75) is 78.8 Å². The van der Waals surface area contributed by atoms with Crippen LogP contribution >= 0.6 is 0 Å². The van der Waals surface area contributed by atoms with Gasteiger partial charge in [-0.05, 0) is 74.6 Å². The number of hydrogen-bond donors (Lipinski definition) is 2. The van der Waals surface area contributed by atoms with Crippen molar-refractivity contribution in [3.63, 3.8) is 0 Å². The van der Waals surface area contributed by atoms with Gasteiger partial charge < -0.3 is 16.0 Å². The molecule has 1 atom stereocenters. The first-order valence-corrected chi connectivity index (χ1v) is 12.5. The van der Waals surface area contributed by atoms with E-state index in [0.717, 1.165) is 32.4 Å². The fraction of sp³-hybridized carbons (Fsp3) is 0.552. The molecular weight excluding hydrogens is 406 g/mol. The van der Waals surface area contributed by atoms with Gasteiger partial charge in [0.15, 0.2) is 0 Å². The van der Waals surface area contributed by atoms with Gasteiger partial charge in [0.1, 0.15) is 0 Å². The number of benzene rings is 2. The second-order valence-corrected chi connectivity index (χ2v) is 10.9. The highest BCUT2D eigenvalue weighted by Gasteiger charge is 2.27. The van der Waals surface area contributed by atoms with Crippen LogP contribution in [0.4, 0.5) is 5.69 Å². The summed E-state index contributed by atoms with van der Waals surface area (Å²) in [6, 6.07) is 19.1. The summed E-state index contributed by atoms with van der Waals surface area (Å²) in [6.45, 7) is 14.6. The number of nitrogens with zero attached hydrogens (tertiary/aromatic N) is 1. The summed E-state index contributed by atoms with van der Waals surface area (Å²) in [5.41, 5.74) is 9.66. The number of carbonyl (C=O) groups excluding carboxylic acids is 1. The zero-order valence-electron chi connectivity index (χ0n) is 21.6. The zero-order chi connectivity index (χ0) is 24.4. The third-order valence-electron chi connectivity index (χ3n) is 5.93. The maximum atomic E-state index is 12.7. The topological polar surface area (TPSA) is 58.4 Å². The summed E-state index contributed by atoms with van der Waals surface area (Å²) in [7, 11) is 0. The lowest BCUT2D eigenvalue weighted by atomic mass is 9.99. The molecule has 0 fully saturated rings. The Kier molecular flexibility index (Phi) is 10.4. The van der Waals surface area contributed by atoms with Crippen LogP contribution in [0.15, 0.2) is 54.6 Å². The van der Waals surface area contributed by atoms with Gasteiger partial charge in [-0.15, -0.1) is 0 Å². The number of nitrogens with two attached hydrogens (primary N) is 1. The third kappa shape index (κ3) is 10.00. The molecule has 2 aromatic rings. The van der Waals surface area contributed by atoms with Crippen molar-refractivity contribution in [1.29, 1.82) is 0 Å². The highest BCUT2D eigenvalue weighted by molar-refractivity contribution is 5.82. The quantitative estimate of drug-likeness (QED) is 0.417. The number of amides is 1. The number of hydrogen-bond acceptors (Lipinski definition) is 3. The van der Waals surface area contributed by atoms with Crippen molar-refractivity contribution in [3.05, 3.63) is 65.7 Å². The molecule has 0 bridgehead atoms. The first-order chi connectivity index (χ1) is 15.6. The van der Waals surface area contributed by atoms with Gasteiger partial charge in [0.25, 0.3) is 0 Å². The Hall–Kier alpha value is -2.33. The second-order valence-electron chi connectivity index (χ2n) is 10.9. The molecule has 3 N–H and O–H groups in total. The molecule has 0 aliphatic carbocycles. The molecule has 0 heterocycles. The predicted molar refractivity (Wildman–Crippen MR) is 142 cm³/mol. The summed E-state index contributed by atoms with van der Waals surface area (Å²) in [4.78, 5) is 15.1. The van der Waals surface area contributed by atoms with Crippen LogP contribution in [0.2, 0.25) is 0 Å². The Bertz CT molecular complexity index is 828. The minimum atomic E-state index is -0.461. The van der Waals surface area contributed by atoms with E-state index in [1.807, 2.05) is 0 Å². The van der Waals surface area contributed by atoms with Crippen LogP contribution in [0.3, 0.4) is 0 Å². The van der Waals surface area contributed by atoms with E-state index in [2.05, 4.69) is 106 Å². The minimum absolute atomic E-state index is 0.0613. The molecule has 4 nitrogen and oxygen atoms in total. The lowest BCUT2D eigenvalue weighted by Crippen LogP contribution is -2.56. The normalized spacial score (nSPS) is 12.8. The maximum absolute atomic E-state index is 12.7. The third-order valence-corrected chi connectivity index (χ3v) is 5.93. The highest BCUT2D eigenvalue weighted by Crippen LogP contribution is 2.21. The molecule has 0 spiro atoms. The predicted octanol–water partition coefficient (Wildman–Crippen LogP) is 5.59. The van der Waals surface area contributed by atoms with Crippen molar-refractivity contribution >= 4 is 11.6 Å². The summed E-state index contributed by atoms with van der Waals surface area (Å²) in [5, 5.41) is 3.19. The van der Waals surface area contributed by atoms with Gasteiger partial charge >= 0.3 is 0 Å². The summed E-state index contributed by atoms with van der Waals surface area (Å²) < 4.78 is 0. The largest absolute Gasteiger partial charge is 0.369 e. The fourth-order valence-electron chi connectivity index (χ4n) is 4.08. The number of aryl methyl sites for hydroxylation is 2. The summed E-state index contributed by atoms with van der Waals surface area (Å²) >= 11 is 0. The van der Waals surface area contributed by atoms with Gasteiger partial charge in [0, 0.05) is 18.8 Å². The van der Waals surface area contributed by atoms with E-state index >= 15 is 0 Å². The Morgan fingerprint density at radius 2 is 1.48 bits per heavy atom. The summed E-state index contributed by atoms with van der Waals surface area (Å²) in [5.74, 6) is 0.959. The van der Waals surface area contributed by atoms with E-state index < -0.39 is 6.04 Å². The lowest BCUT2D eigenvalue weighted by molar-refractivity contribution is -0.124. The Labute approximate surface area is 202 Å². The first kappa shape index (κ1) is 26.9. The van der Waals surface area contributed by atoms with Gasteiger partial charge in [-0.25, -0.2) is 0 Å². The van der Waals surface area contributed by atoms with Crippen LogP contribution in [0.5, 0.6) is 0 Å². The van der Waals surface area contributed by atoms with E-state index in [4.69, 9.17) is 5.73 Å². The molecule has 2 aromatic carbocycles. The van der Waals surface area contributed by atoms with E-state index in [1.54, 1.807) is 0 Å². The molecule has 0 aliphatic rings. The molecular formula is C29H45N3O. The van der Waals surface area contributed by atoms with Gasteiger partial charge in [-0.2, -0.15) is 0 Å². The minimum Gasteiger partial charge on any atom is -0.369 e. The number of anilines is 1. The Morgan fingerprint density at radius 3 is 2.03 bits per heavy atom. The maximum Gasteiger partial charge on any atom is 0.237 e. The first-order valence-electron chi connectivity index (χ1n) is 12.5. The van der Waals surface area contributed by atoms with Crippen molar-refractivity contribution in [1.82, 2.24) is 5.32 Å². The fourth-order valence-corrected chi connectivity index (χ4v) is 4.08. The van der Waals surface area contributed by atoms with Crippen LogP contribution in [-0.2, 0) is 17.6 Å². The van der Waals surface area contributed by atoms with Crippen molar-refractivity contribution in [2.24, 2.45) is 17.6 Å². The van der Waals surface area contributed by atoms with Gasteiger partial charge in [-0.3, -0.25) is 4.79 Å². The smallest absolute Gasteiger partial charge is 0.237 e. The molecule has 0 aliphatic heterocycles. The lowest BCUT2D eigenvalue weighted by Gasteiger charge is -2.36. The molecule has 0 saturated heterocycles. The average Bonchev–Trinajstić information content (AvgIpc) is 2.75. The van der Waals surface area contributed by atoms with Crippen molar-refractivity contribution in [2.75, 3.05) is 18.0 Å². The van der Waals surface area contributed by atoms with Crippen LogP contribution in [-0.4, -0.2) is 30.6 Å². The van der Waals surface area contributed by atoms with Crippen molar-refractivity contribution < 1.29 is 4.79 Å². The standard InChI is InChI=1S/C29H45N3O/c1-22(2)18-19-32(21-29(5,6)31-28(33)27(30)20-23(3)4)26-16-14-25(15-17-26)13-12-24-10-8-7-9-11-24/h7-11,14-17,22-23,27H,12-13,18-21,30H2,1-6H3,(H,31,33). The van der Waals surface area contributed by atoms with Crippen LogP contribution < -0.4 is 16.0 Å². The molecule has 0 radical (unpaired) electrons. The van der Waals surface area contributed by atoms with Crippen LogP contribution in [0.25, 0.3) is 0 Å². The zero-order valence-corrected chi connectivity index (χ0v) is 21.6. The monoisotopic (exact) mass is 451 g/mol. The molecule has 182 valence electrons. The Morgan fingerprint density at radius 1 is 0.909 bits per heavy atom. The molecule has 4 heteroatoms. The van der Waals surface area contributed by atoms with Crippen LogP contribution in [0, 0.1) is 11.8 Å². The van der Waals surface area contributed by atoms with Crippen molar-refractivity contribution in [3.8, 4) is 0 Å². The molecule has 0 saturated carbocycles. The van der Waals surface area contributed by atoms with E-state index in [1.165, 1.54) is 16.8 Å². The number of carbonyl (C=O) groups is 1. The number of nitrogens with one attached hydrogen (secondary N) is 1.